The lowest BCUT2D eigenvalue weighted by atomic mass is 10.1. The molecule has 20 heavy (non-hydrogen) atoms. The van der Waals surface area contributed by atoms with Crippen LogP contribution in [-0.4, -0.2) is 29.1 Å². The zero-order chi connectivity index (χ0) is 15.4. The van der Waals surface area contributed by atoms with Crippen LogP contribution in [0.15, 0.2) is 12.1 Å². The van der Waals surface area contributed by atoms with Crippen molar-refractivity contribution in [2.45, 2.75) is 32.7 Å². The van der Waals surface area contributed by atoms with E-state index >= 15 is 0 Å². The van der Waals surface area contributed by atoms with Crippen molar-refractivity contribution >= 4 is 17.3 Å². The van der Waals surface area contributed by atoms with E-state index in [0.29, 0.717) is 6.07 Å². The third kappa shape index (κ3) is 3.23. The fourth-order valence-corrected chi connectivity index (χ4v) is 1.99. The first-order chi connectivity index (χ1) is 9.29. The number of rotatable bonds is 6. The highest BCUT2D eigenvalue weighted by Crippen LogP contribution is 2.29. The Balaban J connectivity index is 3.32. The average molecular weight is 284 g/mol. The Morgan fingerprint density at radius 3 is 2.60 bits per heavy atom. The van der Waals surface area contributed by atoms with Crippen molar-refractivity contribution in [3.63, 3.8) is 0 Å². The summed E-state index contributed by atoms with van der Waals surface area (Å²) >= 11 is 0. The maximum Gasteiger partial charge on any atom is 0.342 e. The molecule has 0 aliphatic heterocycles. The van der Waals surface area contributed by atoms with Gasteiger partial charge in [0.25, 0.3) is 5.69 Å². The van der Waals surface area contributed by atoms with Crippen LogP contribution in [0.1, 0.15) is 37.0 Å². The molecule has 0 saturated heterocycles. The van der Waals surface area contributed by atoms with Gasteiger partial charge in [0.2, 0.25) is 0 Å². The topological polar surface area (TPSA) is 83.7 Å². The van der Waals surface area contributed by atoms with Crippen molar-refractivity contribution in [2.75, 3.05) is 11.9 Å². The number of anilines is 1. The predicted molar refractivity (Wildman–Crippen MR) is 72.8 cm³/mol. The lowest BCUT2D eigenvalue weighted by Crippen LogP contribution is -2.29. The average Bonchev–Trinajstić information content (AvgIpc) is 2.37. The van der Waals surface area contributed by atoms with Gasteiger partial charge in [-0.05, 0) is 19.4 Å². The van der Waals surface area contributed by atoms with Gasteiger partial charge in [-0.25, -0.2) is 9.18 Å². The second kappa shape index (κ2) is 6.31. The van der Waals surface area contributed by atoms with Crippen LogP contribution in [0.4, 0.5) is 15.8 Å². The van der Waals surface area contributed by atoms with Crippen LogP contribution < -0.4 is 4.90 Å². The SMILES string of the molecule is CCCC(C)N(C)c1cc(C(=O)O)c([N+](=O)[O-])cc1F. The molecule has 1 aromatic carbocycles. The van der Waals surface area contributed by atoms with Crippen molar-refractivity contribution in [3.05, 3.63) is 33.6 Å². The van der Waals surface area contributed by atoms with Gasteiger partial charge in [0, 0.05) is 13.1 Å². The Morgan fingerprint density at radius 1 is 1.55 bits per heavy atom. The number of hydrogen-bond donors (Lipinski definition) is 1. The van der Waals surface area contributed by atoms with E-state index in [1.165, 1.54) is 0 Å². The summed E-state index contributed by atoms with van der Waals surface area (Å²) in [4.78, 5) is 22.5. The molecular formula is C13H17FN2O4. The maximum absolute atomic E-state index is 14.0. The van der Waals surface area contributed by atoms with E-state index in [9.17, 15) is 19.3 Å². The van der Waals surface area contributed by atoms with E-state index in [1.54, 1.807) is 11.9 Å². The van der Waals surface area contributed by atoms with Crippen LogP contribution in [0, 0.1) is 15.9 Å². The summed E-state index contributed by atoms with van der Waals surface area (Å²) < 4.78 is 14.0. The summed E-state index contributed by atoms with van der Waals surface area (Å²) in [6.07, 6.45) is 1.70. The van der Waals surface area contributed by atoms with E-state index in [-0.39, 0.29) is 11.7 Å². The minimum absolute atomic E-state index is 0.00222. The number of carboxylic acid groups (broad SMARTS) is 1. The molecule has 0 spiro atoms. The fraction of sp³-hybridized carbons (Fsp3) is 0.462. The lowest BCUT2D eigenvalue weighted by Gasteiger charge is -2.27. The van der Waals surface area contributed by atoms with Crippen LogP contribution >= 0.6 is 0 Å². The molecule has 7 heteroatoms. The monoisotopic (exact) mass is 284 g/mol. The highest BCUT2D eigenvalue weighted by Gasteiger charge is 2.25. The second-order valence-electron chi connectivity index (χ2n) is 4.63. The van der Waals surface area contributed by atoms with Crippen LogP contribution in [-0.2, 0) is 0 Å². The summed E-state index contributed by atoms with van der Waals surface area (Å²) in [5.41, 5.74) is -1.20. The Labute approximate surface area is 116 Å². The smallest absolute Gasteiger partial charge is 0.342 e. The van der Waals surface area contributed by atoms with Gasteiger partial charge in [-0.3, -0.25) is 10.1 Å². The molecule has 0 aliphatic carbocycles. The number of carboxylic acids is 1. The van der Waals surface area contributed by atoms with Crippen molar-refractivity contribution in [2.24, 2.45) is 0 Å². The molecule has 0 radical (unpaired) electrons. The van der Waals surface area contributed by atoms with Crippen LogP contribution in [0.5, 0.6) is 0 Å². The molecule has 1 aromatic rings. The predicted octanol–water partition coefficient (Wildman–Crippen LogP) is 3.06. The molecule has 0 amide bonds. The standard InChI is InChI=1S/C13H17FN2O4/c1-4-5-8(2)15(3)12-6-9(13(17)18)11(16(19)20)7-10(12)14/h6-8H,4-5H2,1-3H3,(H,17,18). The van der Waals surface area contributed by atoms with Gasteiger partial charge in [0.05, 0.1) is 16.7 Å². The molecule has 0 fully saturated rings. The number of benzene rings is 1. The highest BCUT2D eigenvalue weighted by atomic mass is 19.1. The first kappa shape index (κ1) is 15.9. The van der Waals surface area contributed by atoms with E-state index in [0.717, 1.165) is 18.9 Å². The third-order valence-corrected chi connectivity index (χ3v) is 3.24. The zero-order valence-electron chi connectivity index (χ0n) is 11.6. The first-order valence-corrected chi connectivity index (χ1v) is 6.23. The van der Waals surface area contributed by atoms with Crippen LogP contribution in [0.25, 0.3) is 0 Å². The molecule has 0 aromatic heterocycles. The van der Waals surface area contributed by atoms with Crippen LogP contribution in [0.2, 0.25) is 0 Å². The first-order valence-electron chi connectivity index (χ1n) is 6.23. The quantitative estimate of drug-likeness (QED) is 0.641. The highest BCUT2D eigenvalue weighted by molar-refractivity contribution is 5.93. The largest absolute Gasteiger partial charge is 0.477 e. The Bertz CT molecular complexity index is 533. The number of nitro benzene ring substituents is 1. The second-order valence-corrected chi connectivity index (χ2v) is 4.63. The molecule has 0 saturated carbocycles. The lowest BCUT2D eigenvalue weighted by molar-refractivity contribution is -0.385. The van der Waals surface area contributed by atoms with Gasteiger partial charge in [-0.2, -0.15) is 0 Å². The van der Waals surface area contributed by atoms with Crippen molar-refractivity contribution in [1.82, 2.24) is 0 Å². The minimum Gasteiger partial charge on any atom is -0.477 e. The molecule has 1 unspecified atom stereocenters. The molecule has 6 nitrogen and oxygen atoms in total. The minimum atomic E-state index is -1.45. The van der Waals surface area contributed by atoms with Crippen LogP contribution in [0.3, 0.4) is 0 Å². The summed E-state index contributed by atoms with van der Waals surface area (Å²) in [6.45, 7) is 3.87. The summed E-state index contributed by atoms with van der Waals surface area (Å²) in [6, 6.07) is 1.67. The number of halogens is 1. The van der Waals surface area contributed by atoms with E-state index < -0.39 is 28.0 Å². The van der Waals surface area contributed by atoms with E-state index in [4.69, 9.17) is 5.11 Å². The van der Waals surface area contributed by atoms with Gasteiger partial charge >= 0.3 is 5.97 Å². The fourth-order valence-electron chi connectivity index (χ4n) is 1.99. The van der Waals surface area contributed by atoms with Crippen molar-refractivity contribution < 1.29 is 19.2 Å². The van der Waals surface area contributed by atoms with Gasteiger partial charge < -0.3 is 10.0 Å². The van der Waals surface area contributed by atoms with Gasteiger partial charge in [-0.15, -0.1) is 0 Å². The number of carbonyl (C=O) groups is 1. The van der Waals surface area contributed by atoms with Crippen molar-refractivity contribution in [1.29, 1.82) is 0 Å². The van der Waals surface area contributed by atoms with E-state index in [2.05, 4.69) is 0 Å². The van der Waals surface area contributed by atoms with Gasteiger partial charge in [-0.1, -0.05) is 13.3 Å². The number of hydrogen-bond acceptors (Lipinski definition) is 4. The van der Waals surface area contributed by atoms with Crippen molar-refractivity contribution in [3.8, 4) is 0 Å². The molecule has 0 heterocycles. The molecule has 0 aliphatic rings. The zero-order valence-corrected chi connectivity index (χ0v) is 11.6. The van der Waals surface area contributed by atoms with E-state index in [1.807, 2.05) is 13.8 Å². The normalized spacial score (nSPS) is 12.0. The Kier molecular flexibility index (Phi) is 5.01. The third-order valence-electron chi connectivity index (χ3n) is 3.24. The molecular weight excluding hydrogens is 267 g/mol. The number of aromatic carboxylic acids is 1. The molecule has 0 bridgehead atoms. The molecule has 1 atom stereocenters. The molecule has 1 rings (SSSR count). The number of nitro groups is 1. The summed E-state index contributed by atoms with van der Waals surface area (Å²) in [7, 11) is 1.64. The summed E-state index contributed by atoms with van der Waals surface area (Å²) in [5.74, 6) is -2.25. The maximum atomic E-state index is 14.0. The molecule has 1 N–H and O–H groups in total. The van der Waals surface area contributed by atoms with Gasteiger partial charge in [0.15, 0.2) is 5.82 Å². The number of nitrogens with zero attached hydrogens (tertiary/aromatic N) is 2. The Morgan fingerprint density at radius 2 is 2.15 bits per heavy atom. The molecule has 110 valence electrons. The Hall–Kier alpha value is -2.18. The van der Waals surface area contributed by atoms with Gasteiger partial charge in [0.1, 0.15) is 5.56 Å². The summed E-state index contributed by atoms with van der Waals surface area (Å²) in [5, 5.41) is 19.8.